The van der Waals surface area contributed by atoms with Gasteiger partial charge in [-0.15, -0.1) is 5.10 Å². The van der Waals surface area contributed by atoms with Crippen molar-refractivity contribution in [2.75, 3.05) is 0 Å². The van der Waals surface area contributed by atoms with Crippen molar-refractivity contribution in [2.24, 2.45) is 0 Å². The normalized spacial score (nSPS) is 11.1. The van der Waals surface area contributed by atoms with Gasteiger partial charge in [-0.05, 0) is 49.4 Å². The van der Waals surface area contributed by atoms with Gasteiger partial charge in [-0.1, -0.05) is 35.5 Å². The van der Waals surface area contributed by atoms with Crippen molar-refractivity contribution in [3.63, 3.8) is 0 Å². The van der Waals surface area contributed by atoms with Crippen LogP contribution in [0.15, 0.2) is 77.6 Å². The second kappa shape index (κ2) is 7.49. The molecule has 2 aromatic heterocycles. The maximum atomic E-state index is 12.6. The summed E-state index contributed by atoms with van der Waals surface area (Å²) in [7, 11) is 0. The molecule has 0 radical (unpaired) electrons. The Hall–Kier alpha value is -4.33. The van der Waals surface area contributed by atoms with Crippen LogP contribution in [0.25, 0.3) is 27.6 Å². The Morgan fingerprint density at radius 2 is 1.74 bits per heavy atom. The van der Waals surface area contributed by atoms with Crippen molar-refractivity contribution in [3.05, 3.63) is 94.5 Å². The summed E-state index contributed by atoms with van der Waals surface area (Å²) < 4.78 is 8.34. The van der Waals surface area contributed by atoms with E-state index in [1.165, 1.54) is 0 Å². The Balaban J connectivity index is 1.41. The van der Waals surface area contributed by atoms with Crippen LogP contribution in [0.3, 0.4) is 0 Å². The highest BCUT2D eigenvalue weighted by Crippen LogP contribution is 2.22. The maximum Gasteiger partial charge on any atom is 0.339 e. The van der Waals surface area contributed by atoms with Crippen molar-refractivity contribution in [2.45, 2.75) is 13.7 Å². The Morgan fingerprint density at radius 3 is 2.58 bits per heavy atom. The second-order valence-electron chi connectivity index (χ2n) is 7.01. The van der Waals surface area contributed by atoms with E-state index in [0.29, 0.717) is 22.0 Å². The molecular weight excluding hydrogens is 394 g/mol. The highest BCUT2D eigenvalue weighted by Gasteiger charge is 2.14. The van der Waals surface area contributed by atoms with Gasteiger partial charge < -0.3 is 4.74 Å². The topological polar surface area (TPSA) is 91.9 Å². The first-order chi connectivity index (χ1) is 15.1. The molecule has 0 unspecified atom stereocenters. The first-order valence-corrected chi connectivity index (χ1v) is 9.66. The Labute approximate surface area is 176 Å². The highest BCUT2D eigenvalue weighted by atomic mass is 16.5. The quantitative estimate of drug-likeness (QED) is 0.422. The van der Waals surface area contributed by atoms with Crippen molar-refractivity contribution < 1.29 is 9.53 Å². The number of imidazole rings is 1. The second-order valence-corrected chi connectivity index (χ2v) is 7.01. The average molecular weight is 411 g/mol. The summed E-state index contributed by atoms with van der Waals surface area (Å²) in [5, 5.41) is 8.23. The van der Waals surface area contributed by atoms with Gasteiger partial charge in [0, 0.05) is 5.69 Å². The molecule has 0 bridgehead atoms. The summed E-state index contributed by atoms with van der Waals surface area (Å²) in [4.78, 5) is 29.6. The lowest BCUT2D eigenvalue weighted by Crippen LogP contribution is -2.26. The molecule has 0 aliphatic heterocycles. The molecule has 0 fully saturated rings. The third-order valence-corrected chi connectivity index (χ3v) is 5.02. The molecule has 0 saturated carbocycles. The third kappa shape index (κ3) is 3.33. The molecule has 0 N–H and O–H groups in total. The Bertz CT molecular complexity index is 1490. The van der Waals surface area contributed by atoms with Gasteiger partial charge in [0.05, 0.1) is 22.0 Å². The number of hydrogen-bond acceptors (Lipinski definition) is 6. The van der Waals surface area contributed by atoms with Crippen LogP contribution >= 0.6 is 0 Å². The van der Waals surface area contributed by atoms with Crippen molar-refractivity contribution in [3.8, 4) is 5.69 Å². The van der Waals surface area contributed by atoms with E-state index >= 15 is 0 Å². The number of aryl methyl sites for hydroxylation is 1. The maximum absolute atomic E-state index is 12.6. The Kier molecular flexibility index (Phi) is 4.51. The molecule has 5 rings (SSSR count). The summed E-state index contributed by atoms with van der Waals surface area (Å²) >= 11 is 0. The van der Waals surface area contributed by atoms with Crippen LogP contribution in [-0.2, 0) is 11.5 Å². The number of hydrogen-bond donors (Lipinski definition) is 0. The largest absolute Gasteiger partial charge is 0.439 e. The average Bonchev–Trinajstić information content (AvgIpc) is 3.14. The smallest absolute Gasteiger partial charge is 0.339 e. The predicted molar refractivity (Wildman–Crippen MR) is 115 cm³/mol. The number of nitrogens with zero attached hydrogens (tertiary/aromatic N) is 5. The van der Waals surface area contributed by atoms with E-state index in [9.17, 15) is 9.59 Å². The number of ether oxygens (including phenoxy) is 1. The van der Waals surface area contributed by atoms with E-state index < -0.39 is 5.97 Å². The number of aromatic nitrogens is 5. The van der Waals surface area contributed by atoms with Crippen molar-refractivity contribution in [1.82, 2.24) is 24.5 Å². The number of fused-ring (bicyclic) bond motifs is 2. The molecule has 8 heteroatoms. The van der Waals surface area contributed by atoms with Gasteiger partial charge >= 0.3 is 5.97 Å². The van der Waals surface area contributed by atoms with Crippen LogP contribution in [-0.4, -0.2) is 30.5 Å². The van der Waals surface area contributed by atoms with E-state index in [-0.39, 0.29) is 12.3 Å². The fraction of sp³-hybridized carbons (Fsp3) is 0.0870. The van der Waals surface area contributed by atoms with Crippen molar-refractivity contribution in [1.29, 1.82) is 0 Å². The van der Waals surface area contributed by atoms with Gasteiger partial charge in [0.2, 0.25) is 0 Å². The summed E-state index contributed by atoms with van der Waals surface area (Å²) in [6.45, 7) is 1.58. The van der Waals surface area contributed by atoms with Gasteiger partial charge in [0.25, 0.3) is 5.56 Å². The molecule has 5 aromatic rings. The predicted octanol–water partition coefficient (Wildman–Crippen LogP) is 3.25. The monoisotopic (exact) mass is 411 g/mol. The third-order valence-electron chi connectivity index (χ3n) is 5.02. The molecule has 3 aromatic carbocycles. The lowest BCUT2D eigenvalue weighted by atomic mass is 10.2. The standard InChI is InChI=1S/C23H17N5O3/c1-15-24-20-13-16(11-12-21(20)28(15)17-7-3-2-4-8-17)23(30)31-14-27-22(29)18-9-5-6-10-19(18)25-26-27/h2-13H,14H2,1H3. The number of carbonyl (C=O) groups is 1. The summed E-state index contributed by atoms with van der Waals surface area (Å²) in [5.74, 6) is 0.236. The molecule has 0 aliphatic carbocycles. The zero-order chi connectivity index (χ0) is 21.4. The molecule has 0 atom stereocenters. The number of esters is 1. The number of benzene rings is 3. The zero-order valence-corrected chi connectivity index (χ0v) is 16.6. The van der Waals surface area contributed by atoms with Crippen LogP contribution in [0.2, 0.25) is 0 Å². The van der Waals surface area contributed by atoms with E-state index in [0.717, 1.165) is 21.7 Å². The molecule has 2 heterocycles. The van der Waals surface area contributed by atoms with Crippen LogP contribution in [0.5, 0.6) is 0 Å². The van der Waals surface area contributed by atoms with E-state index in [4.69, 9.17) is 4.74 Å². The summed E-state index contributed by atoms with van der Waals surface area (Å²) in [5.41, 5.74) is 3.02. The molecule has 0 amide bonds. The summed E-state index contributed by atoms with van der Waals surface area (Å²) in [6.07, 6.45) is 0. The van der Waals surface area contributed by atoms with Crippen LogP contribution in [0.4, 0.5) is 0 Å². The Morgan fingerprint density at radius 1 is 0.968 bits per heavy atom. The van der Waals surface area contributed by atoms with Gasteiger partial charge in [-0.3, -0.25) is 9.36 Å². The highest BCUT2D eigenvalue weighted by molar-refractivity contribution is 5.94. The van der Waals surface area contributed by atoms with E-state index in [2.05, 4.69) is 15.3 Å². The lowest BCUT2D eigenvalue weighted by Gasteiger charge is -2.08. The van der Waals surface area contributed by atoms with Crippen LogP contribution < -0.4 is 5.56 Å². The zero-order valence-electron chi connectivity index (χ0n) is 16.6. The van der Waals surface area contributed by atoms with Gasteiger partial charge in [-0.2, -0.15) is 4.68 Å². The van der Waals surface area contributed by atoms with Gasteiger partial charge in [-0.25, -0.2) is 9.78 Å². The van der Waals surface area contributed by atoms with Crippen LogP contribution in [0.1, 0.15) is 16.2 Å². The van der Waals surface area contributed by atoms with Gasteiger partial charge in [0.1, 0.15) is 11.3 Å². The van der Waals surface area contributed by atoms with Crippen molar-refractivity contribution >= 4 is 27.9 Å². The van der Waals surface area contributed by atoms with Crippen LogP contribution in [0, 0.1) is 6.92 Å². The minimum absolute atomic E-state index is 0.328. The number of carbonyl (C=O) groups excluding carboxylic acids is 1. The molecule has 152 valence electrons. The fourth-order valence-electron chi connectivity index (χ4n) is 3.54. The molecule has 31 heavy (non-hydrogen) atoms. The first-order valence-electron chi connectivity index (χ1n) is 9.66. The van der Waals surface area contributed by atoms with Gasteiger partial charge in [0.15, 0.2) is 6.73 Å². The summed E-state index contributed by atoms with van der Waals surface area (Å²) in [6, 6.07) is 21.9. The van der Waals surface area contributed by atoms with E-state index in [1.807, 2.05) is 47.9 Å². The number of para-hydroxylation sites is 1. The van der Waals surface area contributed by atoms with E-state index in [1.54, 1.807) is 36.4 Å². The molecule has 0 saturated heterocycles. The minimum atomic E-state index is -0.573. The fourth-order valence-corrected chi connectivity index (χ4v) is 3.54. The molecule has 0 spiro atoms. The molecule has 8 nitrogen and oxygen atoms in total. The first kappa shape index (κ1) is 18.7. The molecule has 0 aliphatic rings. The SMILES string of the molecule is Cc1nc2cc(C(=O)OCn3nnc4ccccc4c3=O)ccc2n1-c1ccccc1. The minimum Gasteiger partial charge on any atom is -0.439 e. The number of rotatable bonds is 4. The lowest BCUT2D eigenvalue weighted by molar-refractivity contribution is 0.0336. The molecular formula is C23H17N5O3.